The van der Waals surface area contributed by atoms with Crippen molar-refractivity contribution in [3.8, 4) is 0 Å². The van der Waals surface area contributed by atoms with Crippen LogP contribution in [0, 0.1) is 6.92 Å². The van der Waals surface area contributed by atoms with Crippen molar-refractivity contribution in [1.29, 1.82) is 0 Å². The van der Waals surface area contributed by atoms with Crippen molar-refractivity contribution in [2.24, 2.45) is 0 Å². The minimum atomic E-state index is -0.241. The molecule has 2 aromatic rings. The first-order valence-electron chi connectivity index (χ1n) is 7.24. The number of rotatable bonds is 6. The molecular weight excluding hydrogens is 268 g/mol. The van der Waals surface area contributed by atoms with E-state index in [4.69, 9.17) is 4.74 Å². The van der Waals surface area contributed by atoms with Crippen LogP contribution in [0.1, 0.15) is 43.9 Å². The summed E-state index contributed by atoms with van der Waals surface area (Å²) in [6.07, 6.45) is 5.08. The van der Waals surface area contributed by atoms with Gasteiger partial charge in [0.1, 0.15) is 12.3 Å². The van der Waals surface area contributed by atoms with Crippen LogP contribution in [-0.4, -0.2) is 15.4 Å². The molecule has 0 aromatic carbocycles. The smallest absolute Gasteiger partial charge is 0.306 e. The van der Waals surface area contributed by atoms with Crippen LogP contribution in [0.2, 0.25) is 0 Å². The Balaban J connectivity index is 2.04. The maximum absolute atomic E-state index is 12.0. The molecule has 2 rings (SSSR count). The summed E-state index contributed by atoms with van der Waals surface area (Å²) in [5.41, 5.74) is 1.86. The van der Waals surface area contributed by atoms with Gasteiger partial charge in [0.15, 0.2) is 0 Å². The van der Waals surface area contributed by atoms with Crippen molar-refractivity contribution in [2.75, 3.05) is 0 Å². The monoisotopic (exact) mass is 288 g/mol. The van der Waals surface area contributed by atoms with E-state index in [1.807, 2.05) is 13.0 Å². The van der Waals surface area contributed by atoms with Gasteiger partial charge in [0.05, 0.1) is 5.69 Å². The van der Waals surface area contributed by atoms with Crippen LogP contribution in [0.5, 0.6) is 0 Å². The molecule has 0 spiro atoms. The highest BCUT2D eigenvalue weighted by atomic mass is 16.5. The molecule has 21 heavy (non-hydrogen) atoms. The minimum Gasteiger partial charge on any atom is -0.459 e. The second-order valence-corrected chi connectivity index (χ2v) is 5.14. The Hall–Kier alpha value is -2.17. The van der Waals surface area contributed by atoms with E-state index < -0.39 is 0 Å². The van der Waals surface area contributed by atoms with Gasteiger partial charge in [-0.2, -0.15) is 0 Å². The number of esters is 1. The van der Waals surface area contributed by atoms with Gasteiger partial charge in [-0.15, -0.1) is 0 Å². The Bertz CT molecular complexity index is 691. The number of hydrogen-bond acceptors (Lipinski definition) is 4. The molecule has 0 radical (unpaired) electrons. The van der Waals surface area contributed by atoms with E-state index in [0.717, 1.165) is 24.8 Å². The normalized spacial score (nSPS) is 10.8. The molecule has 0 saturated heterocycles. The van der Waals surface area contributed by atoms with Crippen molar-refractivity contribution < 1.29 is 9.53 Å². The molecule has 0 unspecified atom stereocenters. The predicted octanol–water partition coefficient (Wildman–Crippen LogP) is 2.63. The molecule has 0 atom stereocenters. The highest BCUT2D eigenvalue weighted by Crippen LogP contribution is 2.05. The van der Waals surface area contributed by atoms with Gasteiger partial charge < -0.3 is 4.74 Å². The number of aromatic nitrogens is 2. The predicted molar refractivity (Wildman–Crippen MR) is 80.1 cm³/mol. The van der Waals surface area contributed by atoms with E-state index in [0.29, 0.717) is 17.8 Å². The lowest BCUT2D eigenvalue weighted by Crippen LogP contribution is -2.16. The molecule has 2 aromatic heterocycles. The lowest BCUT2D eigenvalue weighted by Gasteiger charge is -2.06. The van der Waals surface area contributed by atoms with E-state index in [2.05, 4.69) is 11.9 Å². The Morgan fingerprint density at radius 2 is 2.14 bits per heavy atom. The zero-order valence-electron chi connectivity index (χ0n) is 12.5. The molecule has 5 nitrogen and oxygen atoms in total. The summed E-state index contributed by atoms with van der Waals surface area (Å²) in [5, 5.41) is 0. The number of ether oxygens (including phenoxy) is 1. The first-order chi connectivity index (χ1) is 10.1. The topological polar surface area (TPSA) is 60.7 Å². The second kappa shape index (κ2) is 7.02. The maximum Gasteiger partial charge on any atom is 0.306 e. The number of aryl methyl sites for hydroxylation is 1. The molecule has 0 N–H and O–H groups in total. The van der Waals surface area contributed by atoms with Crippen LogP contribution in [0.15, 0.2) is 29.2 Å². The molecule has 2 heterocycles. The van der Waals surface area contributed by atoms with Gasteiger partial charge in [0.2, 0.25) is 0 Å². The van der Waals surface area contributed by atoms with Crippen molar-refractivity contribution in [2.45, 2.75) is 46.1 Å². The molecular formula is C16H20N2O3. The average molecular weight is 288 g/mol. The third kappa shape index (κ3) is 4.15. The quantitative estimate of drug-likeness (QED) is 0.605. The second-order valence-electron chi connectivity index (χ2n) is 5.14. The number of fused-ring (bicyclic) bond motifs is 1. The number of carbonyl (C=O) groups excluding carboxylic acids is 1. The van der Waals surface area contributed by atoms with Gasteiger partial charge in [-0.25, -0.2) is 4.98 Å². The zero-order chi connectivity index (χ0) is 15.2. The van der Waals surface area contributed by atoms with Crippen LogP contribution < -0.4 is 5.56 Å². The fourth-order valence-corrected chi connectivity index (χ4v) is 2.08. The van der Waals surface area contributed by atoms with E-state index in [1.54, 1.807) is 12.3 Å². The van der Waals surface area contributed by atoms with Gasteiger partial charge in [-0.1, -0.05) is 25.8 Å². The van der Waals surface area contributed by atoms with Crippen LogP contribution in [0.4, 0.5) is 0 Å². The SMILES string of the molecule is CCCCCC(=O)OCc1cc(=O)n2cc(C)ccc2n1. The Morgan fingerprint density at radius 3 is 2.90 bits per heavy atom. The van der Waals surface area contributed by atoms with E-state index in [1.165, 1.54) is 10.5 Å². The fourth-order valence-electron chi connectivity index (χ4n) is 2.08. The number of nitrogens with zero attached hydrogens (tertiary/aromatic N) is 2. The van der Waals surface area contributed by atoms with Crippen molar-refractivity contribution >= 4 is 11.6 Å². The zero-order valence-corrected chi connectivity index (χ0v) is 12.5. The molecule has 0 saturated carbocycles. The Morgan fingerprint density at radius 1 is 1.33 bits per heavy atom. The largest absolute Gasteiger partial charge is 0.459 e. The lowest BCUT2D eigenvalue weighted by molar-refractivity contribution is -0.145. The van der Waals surface area contributed by atoms with E-state index >= 15 is 0 Å². The van der Waals surface area contributed by atoms with Gasteiger partial charge >= 0.3 is 5.97 Å². The molecule has 0 aliphatic rings. The Kier molecular flexibility index (Phi) is 5.09. The summed E-state index contributed by atoms with van der Waals surface area (Å²) >= 11 is 0. The summed E-state index contributed by atoms with van der Waals surface area (Å²) in [7, 11) is 0. The molecule has 0 fully saturated rings. The fraction of sp³-hybridized carbons (Fsp3) is 0.438. The molecule has 0 bridgehead atoms. The van der Waals surface area contributed by atoms with Gasteiger partial charge in [0, 0.05) is 18.7 Å². The van der Waals surface area contributed by atoms with Crippen molar-refractivity contribution in [1.82, 2.24) is 9.38 Å². The first kappa shape index (κ1) is 15.2. The van der Waals surface area contributed by atoms with Crippen LogP contribution in [0.3, 0.4) is 0 Å². The van der Waals surface area contributed by atoms with E-state index in [9.17, 15) is 9.59 Å². The number of unbranched alkanes of at least 4 members (excludes halogenated alkanes) is 2. The van der Waals surface area contributed by atoms with Crippen LogP contribution in [-0.2, 0) is 16.1 Å². The standard InChI is InChI=1S/C16H20N2O3/c1-3-4-5-6-16(20)21-11-13-9-15(19)18-10-12(2)7-8-14(18)17-13/h7-10H,3-6,11H2,1-2H3. The maximum atomic E-state index is 12.0. The summed E-state index contributed by atoms with van der Waals surface area (Å²) in [4.78, 5) is 27.9. The van der Waals surface area contributed by atoms with Crippen molar-refractivity contribution in [3.05, 3.63) is 46.0 Å². The van der Waals surface area contributed by atoms with E-state index in [-0.39, 0.29) is 18.1 Å². The summed E-state index contributed by atoms with van der Waals surface area (Å²) in [6.45, 7) is 4.04. The van der Waals surface area contributed by atoms with Gasteiger partial charge in [-0.05, 0) is 25.0 Å². The highest BCUT2D eigenvalue weighted by molar-refractivity contribution is 5.69. The van der Waals surface area contributed by atoms with Gasteiger partial charge in [0.25, 0.3) is 5.56 Å². The summed E-state index contributed by atoms with van der Waals surface area (Å²) in [5.74, 6) is -0.241. The summed E-state index contributed by atoms with van der Waals surface area (Å²) < 4.78 is 6.64. The van der Waals surface area contributed by atoms with Crippen molar-refractivity contribution in [3.63, 3.8) is 0 Å². The first-order valence-corrected chi connectivity index (χ1v) is 7.24. The lowest BCUT2D eigenvalue weighted by atomic mass is 10.2. The third-order valence-electron chi connectivity index (χ3n) is 3.23. The van der Waals surface area contributed by atoms with Crippen LogP contribution in [0.25, 0.3) is 5.65 Å². The minimum absolute atomic E-state index is 0.0462. The molecule has 0 aliphatic carbocycles. The molecule has 5 heteroatoms. The average Bonchev–Trinajstić information content (AvgIpc) is 2.46. The molecule has 0 amide bonds. The number of pyridine rings is 1. The highest BCUT2D eigenvalue weighted by Gasteiger charge is 2.06. The van der Waals surface area contributed by atoms with Crippen LogP contribution >= 0.6 is 0 Å². The third-order valence-corrected chi connectivity index (χ3v) is 3.23. The summed E-state index contributed by atoms with van der Waals surface area (Å²) in [6, 6.07) is 5.08. The number of hydrogen-bond donors (Lipinski definition) is 0. The molecule has 112 valence electrons. The number of carbonyl (C=O) groups is 1. The Labute approximate surface area is 123 Å². The molecule has 0 aliphatic heterocycles. The van der Waals surface area contributed by atoms with Gasteiger partial charge in [-0.3, -0.25) is 14.0 Å².